The van der Waals surface area contributed by atoms with Crippen LogP contribution in [0, 0.1) is 0 Å². The largest absolute Gasteiger partial charge is 0.368 e. The van der Waals surface area contributed by atoms with Crippen LogP contribution in [0.3, 0.4) is 0 Å². The number of nitrogens with zero attached hydrogens (tertiary/aromatic N) is 2. The number of hydrogen-bond donors (Lipinski definition) is 0. The molecule has 3 rings (SSSR count). The first-order valence-electron chi connectivity index (χ1n) is 8.60. The van der Waals surface area contributed by atoms with Crippen LogP contribution >= 0.6 is 23.4 Å². The molecule has 0 saturated carbocycles. The number of anilines is 1. The van der Waals surface area contributed by atoms with Crippen molar-refractivity contribution in [3.8, 4) is 0 Å². The molecule has 0 aliphatic carbocycles. The molecule has 1 fully saturated rings. The zero-order valence-corrected chi connectivity index (χ0v) is 16.2. The van der Waals surface area contributed by atoms with Gasteiger partial charge in [0.05, 0.1) is 5.56 Å². The minimum absolute atomic E-state index is 0.134. The first-order chi connectivity index (χ1) is 12.0. The first kappa shape index (κ1) is 18.2. The Hall–Kier alpha value is -1.65. The average molecular weight is 375 g/mol. The molecule has 2 aromatic carbocycles. The van der Waals surface area contributed by atoms with E-state index in [1.54, 1.807) is 11.8 Å². The number of carbonyl (C=O) groups excluding carboxylic acids is 1. The van der Waals surface area contributed by atoms with Gasteiger partial charge in [0.2, 0.25) is 0 Å². The van der Waals surface area contributed by atoms with Gasteiger partial charge in [0, 0.05) is 47.0 Å². The highest BCUT2D eigenvalue weighted by Gasteiger charge is 2.24. The second-order valence-corrected chi connectivity index (χ2v) is 8.48. The molecule has 1 saturated heterocycles. The molecule has 0 spiro atoms. The number of rotatable bonds is 4. The van der Waals surface area contributed by atoms with Gasteiger partial charge in [-0.2, -0.15) is 0 Å². The van der Waals surface area contributed by atoms with E-state index >= 15 is 0 Å². The van der Waals surface area contributed by atoms with E-state index in [-0.39, 0.29) is 5.91 Å². The summed E-state index contributed by atoms with van der Waals surface area (Å²) in [5.41, 5.74) is 1.94. The van der Waals surface area contributed by atoms with Gasteiger partial charge in [-0.15, -0.1) is 11.8 Å². The second-order valence-electron chi connectivity index (χ2n) is 6.42. The quantitative estimate of drug-likeness (QED) is 0.718. The minimum Gasteiger partial charge on any atom is -0.368 e. The van der Waals surface area contributed by atoms with Crippen molar-refractivity contribution >= 4 is 35.0 Å². The van der Waals surface area contributed by atoms with Crippen LogP contribution in [0.15, 0.2) is 53.4 Å². The minimum atomic E-state index is 0.134. The molecule has 0 unspecified atom stereocenters. The third kappa shape index (κ3) is 4.50. The van der Waals surface area contributed by atoms with Crippen molar-refractivity contribution in [2.24, 2.45) is 0 Å². The van der Waals surface area contributed by atoms with Crippen LogP contribution in [0.2, 0.25) is 5.02 Å². The van der Waals surface area contributed by atoms with E-state index in [0.717, 1.165) is 47.3 Å². The third-order valence-electron chi connectivity index (χ3n) is 4.22. The van der Waals surface area contributed by atoms with E-state index in [2.05, 4.69) is 24.8 Å². The molecule has 1 aliphatic rings. The van der Waals surface area contributed by atoms with Crippen LogP contribution in [-0.4, -0.2) is 42.2 Å². The van der Waals surface area contributed by atoms with E-state index in [9.17, 15) is 4.79 Å². The monoisotopic (exact) mass is 374 g/mol. The molecular formula is C20H23ClN2OS. The van der Waals surface area contributed by atoms with Gasteiger partial charge in [0.15, 0.2) is 0 Å². The number of carbonyl (C=O) groups is 1. The zero-order chi connectivity index (χ0) is 17.8. The van der Waals surface area contributed by atoms with Crippen molar-refractivity contribution in [2.75, 3.05) is 31.1 Å². The van der Waals surface area contributed by atoms with Crippen LogP contribution in [0.5, 0.6) is 0 Å². The lowest BCUT2D eigenvalue weighted by molar-refractivity contribution is 0.0743. The van der Waals surface area contributed by atoms with Gasteiger partial charge in [-0.3, -0.25) is 4.79 Å². The highest BCUT2D eigenvalue weighted by molar-refractivity contribution is 8.00. The Kier molecular flexibility index (Phi) is 5.92. The molecule has 25 heavy (non-hydrogen) atoms. The second kappa shape index (κ2) is 8.15. The summed E-state index contributed by atoms with van der Waals surface area (Å²) >= 11 is 7.83. The molecule has 0 N–H and O–H groups in total. The predicted octanol–water partition coefficient (Wildman–Crippen LogP) is 4.80. The molecule has 0 bridgehead atoms. The van der Waals surface area contributed by atoms with E-state index in [4.69, 9.17) is 11.6 Å². The smallest absolute Gasteiger partial charge is 0.255 e. The fraction of sp³-hybridized carbons (Fsp3) is 0.350. The summed E-state index contributed by atoms with van der Waals surface area (Å²) in [6.07, 6.45) is 0. The molecule has 1 aliphatic heterocycles. The molecule has 0 atom stereocenters. The van der Waals surface area contributed by atoms with Crippen molar-refractivity contribution < 1.29 is 4.79 Å². The summed E-state index contributed by atoms with van der Waals surface area (Å²) < 4.78 is 0. The maximum atomic E-state index is 13.0. The number of amides is 1. The van der Waals surface area contributed by atoms with Crippen LogP contribution < -0.4 is 4.90 Å². The van der Waals surface area contributed by atoms with Crippen LogP contribution in [0.25, 0.3) is 0 Å². The molecule has 1 heterocycles. The Morgan fingerprint density at radius 1 is 1.04 bits per heavy atom. The lowest BCUT2D eigenvalue weighted by Crippen LogP contribution is -2.48. The van der Waals surface area contributed by atoms with Crippen molar-refractivity contribution in [3.63, 3.8) is 0 Å². The zero-order valence-electron chi connectivity index (χ0n) is 14.6. The maximum Gasteiger partial charge on any atom is 0.255 e. The number of hydrogen-bond acceptors (Lipinski definition) is 3. The van der Waals surface area contributed by atoms with Crippen LogP contribution in [-0.2, 0) is 0 Å². The Labute approximate surface area is 159 Å². The SMILES string of the molecule is CC(C)Sc1ccccc1C(=O)N1CCN(c2cccc(Cl)c2)CC1. The third-order valence-corrected chi connectivity index (χ3v) is 5.54. The summed E-state index contributed by atoms with van der Waals surface area (Å²) in [6, 6.07) is 15.8. The van der Waals surface area contributed by atoms with Gasteiger partial charge in [0.1, 0.15) is 0 Å². The van der Waals surface area contributed by atoms with Crippen molar-refractivity contribution in [1.82, 2.24) is 4.90 Å². The summed E-state index contributed by atoms with van der Waals surface area (Å²) in [4.78, 5) is 18.3. The first-order valence-corrected chi connectivity index (χ1v) is 9.86. The molecule has 2 aromatic rings. The molecule has 0 aromatic heterocycles. The lowest BCUT2D eigenvalue weighted by atomic mass is 10.1. The van der Waals surface area contributed by atoms with Crippen LogP contribution in [0.4, 0.5) is 5.69 Å². The summed E-state index contributed by atoms with van der Waals surface area (Å²) in [7, 11) is 0. The van der Waals surface area contributed by atoms with Crippen molar-refractivity contribution in [2.45, 2.75) is 24.0 Å². The molecule has 3 nitrogen and oxygen atoms in total. The van der Waals surface area contributed by atoms with Gasteiger partial charge < -0.3 is 9.80 Å². The lowest BCUT2D eigenvalue weighted by Gasteiger charge is -2.36. The van der Waals surface area contributed by atoms with Crippen molar-refractivity contribution in [3.05, 3.63) is 59.1 Å². The Morgan fingerprint density at radius 2 is 1.76 bits per heavy atom. The van der Waals surface area contributed by atoms with E-state index in [0.29, 0.717) is 5.25 Å². The number of thioether (sulfide) groups is 1. The fourth-order valence-electron chi connectivity index (χ4n) is 3.01. The highest BCUT2D eigenvalue weighted by Crippen LogP contribution is 2.28. The van der Waals surface area contributed by atoms with Gasteiger partial charge in [-0.05, 0) is 30.3 Å². The average Bonchev–Trinajstić information content (AvgIpc) is 2.61. The molecule has 1 amide bonds. The van der Waals surface area contributed by atoms with Gasteiger partial charge in [-0.25, -0.2) is 0 Å². The Bertz CT molecular complexity index is 742. The van der Waals surface area contributed by atoms with Gasteiger partial charge in [-0.1, -0.05) is 43.6 Å². The summed E-state index contributed by atoms with van der Waals surface area (Å²) in [6.45, 7) is 7.40. The van der Waals surface area contributed by atoms with Crippen LogP contribution in [0.1, 0.15) is 24.2 Å². The number of benzene rings is 2. The van der Waals surface area contributed by atoms with E-state index in [1.807, 2.05) is 47.4 Å². The Morgan fingerprint density at radius 3 is 2.44 bits per heavy atom. The molecule has 5 heteroatoms. The van der Waals surface area contributed by atoms with E-state index in [1.165, 1.54) is 0 Å². The normalized spacial score (nSPS) is 14.9. The predicted molar refractivity (Wildman–Crippen MR) is 107 cm³/mol. The number of piperazine rings is 1. The Balaban J connectivity index is 1.68. The fourth-order valence-corrected chi connectivity index (χ4v) is 4.14. The highest BCUT2D eigenvalue weighted by atomic mass is 35.5. The van der Waals surface area contributed by atoms with Gasteiger partial charge in [0.25, 0.3) is 5.91 Å². The topological polar surface area (TPSA) is 23.6 Å². The number of halogens is 1. The standard InChI is InChI=1S/C20H23ClN2OS/c1-15(2)25-19-9-4-3-8-18(19)20(24)23-12-10-22(11-13-23)17-7-5-6-16(21)14-17/h3-9,14-15H,10-13H2,1-2H3. The molecular weight excluding hydrogens is 352 g/mol. The van der Waals surface area contributed by atoms with Gasteiger partial charge >= 0.3 is 0 Å². The summed E-state index contributed by atoms with van der Waals surface area (Å²) in [5.74, 6) is 0.134. The maximum absolute atomic E-state index is 13.0. The summed E-state index contributed by atoms with van der Waals surface area (Å²) in [5, 5.41) is 1.20. The molecule has 0 radical (unpaired) electrons. The van der Waals surface area contributed by atoms with Crippen molar-refractivity contribution in [1.29, 1.82) is 0 Å². The molecule has 132 valence electrons. The van der Waals surface area contributed by atoms with E-state index < -0.39 is 0 Å².